The standard InChI is InChI=1S/C10H9ClN2O3S/c11-7-5-8(9(14)15)17-10(7)16-4-3-13-2-1-12-6-13/h1-2,5-6H,3-4H2,(H,14,15). The van der Waals surface area contributed by atoms with Crippen molar-refractivity contribution in [2.45, 2.75) is 6.54 Å². The van der Waals surface area contributed by atoms with Crippen LogP contribution < -0.4 is 4.74 Å². The Morgan fingerprint density at radius 1 is 1.65 bits per heavy atom. The fourth-order valence-electron chi connectivity index (χ4n) is 1.22. The smallest absolute Gasteiger partial charge is 0.346 e. The van der Waals surface area contributed by atoms with Crippen molar-refractivity contribution in [3.8, 4) is 5.06 Å². The fraction of sp³-hybridized carbons (Fsp3) is 0.200. The quantitative estimate of drug-likeness (QED) is 0.908. The van der Waals surface area contributed by atoms with Gasteiger partial charge in [-0.15, -0.1) is 0 Å². The number of rotatable bonds is 5. The minimum absolute atomic E-state index is 0.174. The summed E-state index contributed by atoms with van der Waals surface area (Å²) in [5.74, 6) is -0.999. The maximum absolute atomic E-state index is 10.7. The molecule has 2 aromatic heterocycles. The van der Waals surface area contributed by atoms with E-state index in [-0.39, 0.29) is 4.88 Å². The molecule has 0 unspecified atom stereocenters. The number of thiophene rings is 1. The molecule has 0 aliphatic rings. The Bertz CT molecular complexity index is 510. The number of nitrogens with zero attached hydrogens (tertiary/aromatic N) is 2. The average molecular weight is 273 g/mol. The van der Waals surface area contributed by atoms with Crippen LogP contribution >= 0.6 is 22.9 Å². The summed E-state index contributed by atoms with van der Waals surface area (Å²) in [5, 5.41) is 9.55. The number of carboxylic acid groups (broad SMARTS) is 1. The third kappa shape index (κ3) is 2.98. The molecule has 0 bridgehead atoms. The Labute approximate surface area is 106 Å². The van der Waals surface area contributed by atoms with Crippen molar-refractivity contribution in [2.75, 3.05) is 6.61 Å². The second kappa shape index (κ2) is 5.20. The number of imidazole rings is 1. The molecule has 5 nitrogen and oxygen atoms in total. The topological polar surface area (TPSA) is 64.3 Å². The molecule has 0 saturated carbocycles. The zero-order chi connectivity index (χ0) is 12.3. The number of hydrogen-bond donors (Lipinski definition) is 1. The van der Waals surface area contributed by atoms with Crippen LogP contribution in [0.3, 0.4) is 0 Å². The molecule has 0 saturated heterocycles. The molecule has 0 radical (unpaired) electrons. The summed E-state index contributed by atoms with van der Waals surface area (Å²) >= 11 is 6.88. The van der Waals surface area contributed by atoms with E-state index in [9.17, 15) is 4.79 Å². The summed E-state index contributed by atoms with van der Waals surface area (Å²) in [7, 11) is 0. The van der Waals surface area contributed by atoms with Gasteiger partial charge in [-0.1, -0.05) is 22.9 Å². The zero-order valence-corrected chi connectivity index (χ0v) is 10.2. The van der Waals surface area contributed by atoms with Crippen LogP contribution in [0.1, 0.15) is 9.67 Å². The minimum Gasteiger partial charge on any atom is -0.481 e. The van der Waals surface area contributed by atoms with E-state index in [1.165, 1.54) is 6.07 Å². The first-order valence-electron chi connectivity index (χ1n) is 4.78. The van der Waals surface area contributed by atoms with E-state index in [4.69, 9.17) is 21.4 Å². The normalized spacial score (nSPS) is 10.4. The number of halogens is 1. The van der Waals surface area contributed by atoms with Crippen molar-refractivity contribution < 1.29 is 14.6 Å². The lowest BCUT2D eigenvalue weighted by Gasteiger charge is -2.04. The maximum atomic E-state index is 10.7. The van der Waals surface area contributed by atoms with Gasteiger partial charge in [-0.25, -0.2) is 9.78 Å². The fourth-order valence-corrected chi connectivity index (χ4v) is 2.33. The van der Waals surface area contributed by atoms with Gasteiger partial charge in [0.05, 0.1) is 17.9 Å². The first-order chi connectivity index (χ1) is 8.16. The maximum Gasteiger partial charge on any atom is 0.346 e. The van der Waals surface area contributed by atoms with E-state index < -0.39 is 5.97 Å². The monoisotopic (exact) mass is 272 g/mol. The molecule has 0 spiro atoms. The predicted octanol–water partition coefficient (Wildman–Crippen LogP) is 2.38. The lowest BCUT2D eigenvalue weighted by atomic mass is 10.5. The molecular weight excluding hydrogens is 264 g/mol. The highest BCUT2D eigenvalue weighted by Gasteiger charge is 2.13. The van der Waals surface area contributed by atoms with Crippen molar-refractivity contribution in [1.29, 1.82) is 0 Å². The molecule has 0 atom stereocenters. The van der Waals surface area contributed by atoms with Gasteiger partial charge in [-0.05, 0) is 6.07 Å². The van der Waals surface area contributed by atoms with Gasteiger partial charge < -0.3 is 14.4 Å². The van der Waals surface area contributed by atoms with Gasteiger partial charge in [0.2, 0.25) is 0 Å². The number of ether oxygens (including phenoxy) is 1. The number of carbonyl (C=O) groups is 1. The van der Waals surface area contributed by atoms with E-state index in [0.717, 1.165) is 11.3 Å². The Balaban J connectivity index is 1.92. The van der Waals surface area contributed by atoms with Crippen LogP contribution in [0.2, 0.25) is 5.02 Å². The molecule has 0 amide bonds. The molecule has 1 N–H and O–H groups in total. The molecule has 7 heteroatoms. The Morgan fingerprint density at radius 3 is 3.06 bits per heavy atom. The van der Waals surface area contributed by atoms with E-state index in [0.29, 0.717) is 23.2 Å². The van der Waals surface area contributed by atoms with Crippen molar-refractivity contribution in [3.63, 3.8) is 0 Å². The van der Waals surface area contributed by atoms with Gasteiger partial charge in [-0.2, -0.15) is 0 Å². The molecule has 2 heterocycles. The van der Waals surface area contributed by atoms with Gasteiger partial charge >= 0.3 is 5.97 Å². The Kier molecular flexibility index (Phi) is 3.65. The van der Waals surface area contributed by atoms with Crippen molar-refractivity contribution >= 4 is 28.9 Å². The molecule has 0 aliphatic heterocycles. The molecule has 0 aliphatic carbocycles. The van der Waals surface area contributed by atoms with Crippen LogP contribution in [-0.2, 0) is 6.54 Å². The molecule has 17 heavy (non-hydrogen) atoms. The second-order valence-electron chi connectivity index (χ2n) is 3.20. The second-order valence-corrected chi connectivity index (χ2v) is 4.62. The summed E-state index contributed by atoms with van der Waals surface area (Å²) < 4.78 is 7.28. The molecule has 2 aromatic rings. The predicted molar refractivity (Wildman–Crippen MR) is 64.0 cm³/mol. The third-order valence-electron chi connectivity index (χ3n) is 2.01. The number of hydrogen-bond acceptors (Lipinski definition) is 4. The lowest BCUT2D eigenvalue weighted by molar-refractivity contribution is 0.0702. The van der Waals surface area contributed by atoms with E-state index >= 15 is 0 Å². The summed E-state index contributed by atoms with van der Waals surface area (Å²) in [4.78, 5) is 14.8. The van der Waals surface area contributed by atoms with Crippen LogP contribution in [-0.4, -0.2) is 27.2 Å². The first kappa shape index (κ1) is 11.9. The van der Waals surface area contributed by atoms with Gasteiger partial charge in [0.15, 0.2) is 5.06 Å². The van der Waals surface area contributed by atoms with Crippen LogP contribution in [0, 0.1) is 0 Å². The molecule has 0 aromatic carbocycles. The van der Waals surface area contributed by atoms with Gasteiger partial charge in [0.1, 0.15) is 11.5 Å². The van der Waals surface area contributed by atoms with Crippen LogP contribution in [0.25, 0.3) is 0 Å². The number of aromatic carboxylic acids is 1. The van der Waals surface area contributed by atoms with Crippen molar-refractivity contribution in [2.24, 2.45) is 0 Å². The number of aromatic nitrogens is 2. The zero-order valence-electron chi connectivity index (χ0n) is 8.67. The molecule has 2 rings (SSSR count). The molecule has 90 valence electrons. The lowest BCUT2D eigenvalue weighted by Crippen LogP contribution is -2.05. The summed E-state index contributed by atoms with van der Waals surface area (Å²) in [5.41, 5.74) is 0. The van der Waals surface area contributed by atoms with Crippen molar-refractivity contribution in [1.82, 2.24) is 9.55 Å². The van der Waals surface area contributed by atoms with Crippen LogP contribution in [0.5, 0.6) is 5.06 Å². The van der Waals surface area contributed by atoms with E-state index in [1.54, 1.807) is 12.5 Å². The van der Waals surface area contributed by atoms with Gasteiger partial charge in [0, 0.05) is 12.4 Å². The van der Waals surface area contributed by atoms with Crippen LogP contribution in [0.4, 0.5) is 0 Å². The highest BCUT2D eigenvalue weighted by molar-refractivity contribution is 7.16. The number of carboxylic acids is 1. The van der Waals surface area contributed by atoms with E-state index in [2.05, 4.69) is 4.98 Å². The Hall–Kier alpha value is -1.53. The first-order valence-corrected chi connectivity index (χ1v) is 5.97. The SMILES string of the molecule is O=C(O)c1cc(Cl)c(OCCn2ccnc2)s1. The summed E-state index contributed by atoms with van der Waals surface area (Å²) in [6.07, 6.45) is 5.19. The highest BCUT2D eigenvalue weighted by atomic mass is 35.5. The summed E-state index contributed by atoms with van der Waals surface area (Å²) in [6.45, 7) is 1.05. The van der Waals surface area contributed by atoms with Crippen molar-refractivity contribution in [3.05, 3.63) is 34.7 Å². The average Bonchev–Trinajstić information content (AvgIpc) is 2.89. The van der Waals surface area contributed by atoms with E-state index in [1.807, 2.05) is 10.8 Å². The molecular formula is C10H9ClN2O3S. The highest BCUT2D eigenvalue weighted by Crippen LogP contribution is 2.34. The Morgan fingerprint density at radius 2 is 2.47 bits per heavy atom. The van der Waals surface area contributed by atoms with Gasteiger partial charge in [0.25, 0.3) is 0 Å². The molecule has 0 fully saturated rings. The largest absolute Gasteiger partial charge is 0.481 e. The van der Waals surface area contributed by atoms with Gasteiger partial charge in [-0.3, -0.25) is 0 Å². The van der Waals surface area contributed by atoms with Crippen LogP contribution in [0.15, 0.2) is 24.8 Å². The summed E-state index contributed by atoms with van der Waals surface area (Å²) in [6, 6.07) is 1.39. The minimum atomic E-state index is -0.999. The third-order valence-corrected chi connectivity index (χ3v) is 3.44.